The van der Waals surface area contributed by atoms with Gasteiger partial charge in [0.25, 0.3) is 6.43 Å². The smallest absolute Gasteiger partial charge is 0.310 e. The number of rotatable bonds is 4. The minimum Gasteiger partial charge on any atom is -0.466 e. The maximum absolute atomic E-state index is 12.8. The first kappa shape index (κ1) is 12.5. The van der Waals surface area contributed by atoms with E-state index < -0.39 is 30.3 Å². The van der Waals surface area contributed by atoms with Gasteiger partial charge in [-0.05, 0) is 18.6 Å². The molecule has 1 aromatic rings. The summed E-state index contributed by atoms with van der Waals surface area (Å²) in [5.41, 5.74) is -0.733. The van der Waals surface area contributed by atoms with E-state index in [9.17, 15) is 18.0 Å². The number of nitrogens with zero attached hydrogens (tertiary/aromatic N) is 1. The zero-order valence-corrected chi connectivity index (χ0v) is 8.54. The Hall–Kier alpha value is -1.59. The number of alkyl halides is 2. The minimum atomic E-state index is -2.84. The summed E-state index contributed by atoms with van der Waals surface area (Å²) in [5.74, 6) is -1.44. The fraction of sp³-hybridized carbons (Fsp3) is 0.400. The Kier molecular flexibility index (Phi) is 4.28. The molecular weight excluding hydrogens is 223 g/mol. The van der Waals surface area contributed by atoms with Crippen LogP contribution in [0, 0.1) is 5.82 Å². The van der Waals surface area contributed by atoms with Crippen LogP contribution in [0.5, 0.6) is 0 Å². The molecule has 3 nitrogen and oxygen atoms in total. The number of carbonyl (C=O) groups is 1. The van der Waals surface area contributed by atoms with Gasteiger partial charge in [0.1, 0.15) is 11.5 Å². The number of pyridine rings is 1. The van der Waals surface area contributed by atoms with Gasteiger partial charge in [-0.15, -0.1) is 0 Å². The van der Waals surface area contributed by atoms with Crippen molar-refractivity contribution in [3.05, 3.63) is 29.3 Å². The minimum absolute atomic E-state index is 0.144. The molecule has 1 aromatic heterocycles. The molecular formula is C10H10F3NO2. The van der Waals surface area contributed by atoms with Crippen LogP contribution in [-0.2, 0) is 16.0 Å². The second-order valence-corrected chi connectivity index (χ2v) is 2.98. The predicted octanol–water partition coefficient (Wildman–Crippen LogP) is 2.26. The van der Waals surface area contributed by atoms with E-state index in [1.807, 2.05) is 0 Å². The van der Waals surface area contributed by atoms with Crippen LogP contribution in [0.4, 0.5) is 13.2 Å². The van der Waals surface area contributed by atoms with E-state index in [-0.39, 0.29) is 12.2 Å². The Morgan fingerprint density at radius 1 is 1.56 bits per heavy atom. The average molecular weight is 233 g/mol. The fourth-order valence-corrected chi connectivity index (χ4v) is 1.20. The van der Waals surface area contributed by atoms with Crippen molar-refractivity contribution in [2.24, 2.45) is 0 Å². The molecule has 0 atom stereocenters. The van der Waals surface area contributed by atoms with Gasteiger partial charge in [-0.2, -0.15) is 0 Å². The standard InChI is InChI=1S/C10H10F3NO2/c1-2-16-8(15)4-6-3-7(11)5-14-9(6)10(12)13/h3,5,10H,2,4H2,1H3. The molecule has 88 valence electrons. The Morgan fingerprint density at radius 3 is 2.81 bits per heavy atom. The maximum Gasteiger partial charge on any atom is 0.310 e. The average Bonchev–Trinajstić information content (AvgIpc) is 2.17. The normalized spacial score (nSPS) is 10.6. The molecule has 0 N–H and O–H groups in total. The van der Waals surface area contributed by atoms with Gasteiger partial charge in [0.2, 0.25) is 0 Å². The van der Waals surface area contributed by atoms with E-state index in [0.29, 0.717) is 6.20 Å². The van der Waals surface area contributed by atoms with Gasteiger partial charge in [-0.3, -0.25) is 9.78 Å². The summed E-state index contributed by atoms with van der Waals surface area (Å²) in [6.07, 6.45) is -2.56. The highest BCUT2D eigenvalue weighted by molar-refractivity contribution is 5.72. The Morgan fingerprint density at radius 2 is 2.25 bits per heavy atom. The number of esters is 1. The van der Waals surface area contributed by atoms with Crippen LogP contribution in [0.15, 0.2) is 12.3 Å². The largest absolute Gasteiger partial charge is 0.466 e. The number of hydrogen-bond donors (Lipinski definition) is 0. The number of halogens is 3. The molecule has 1 heterocycles. The SMILES string of the molecule is CCOC(=O)Cc1cc(F)cnc1C(F)F. The lowest BCUT2D eigenvalue weighted by atomic mass is 10.1. The van der Waals surface area contributed by atoms with Gasteiger partial charge in [-0.1, -0.05) is 0 Å². The molecule has 0 aliphatic carbocycles. The summed E-state index contributed by atoms with van der Waals surface area (Å²) in [7, 11) is 0. The first-order valence-electron chi connectivity index (χ1n) is 4.62. The Bertz CT molecular complexity index is 382. The third-order valence-corrected chi connectivity index (χ3v) is 1.81. The van der Waals surface area contributed by atoms with E-state index >= 15 is 0 Å². The van der Waals surface area contributed by atoms with Crippen LogP contribution >= 0.6 is 0 Å². The van der Waals surface area contributed by atoms with Crippen molar-refractivity contribution in [2.75, 3.05) is 6.61 Å². The third-order valence-electron chi connectivity index (χ3n) is 1.81. The highest BCUT2D eigenvalue weighted by Gasteiger charge is 2.18. The van der Waals surface area contributed by atoms with Crippen LogP contribution in [0.3, 0.4) is 0 Å². The number of carbonyl (C=O) groups excluding carboxylic acids is 1. The lowest BCUT2D eigenvalue weighted by Crippen LogP contribution is -2.10. The first-order valence-corrected chi connectivity index (χ1v) is 4.62. The van der Waals surface area contributed by atoms with Gasteiger partial charge < -0.3 is 4.74 Å². The molecule has 16 heavy (non-hydrogen) atoms. The topological polar surface area (TPSA) is 39.2 Å². The highest BCUT2D eigenvalue weighted by atomic mass is 19.3. The van der Waals surface area contributed by atoms with Crippen LogP contribution in [0.25, 0.3) is 0 Å². The van der Waals surface area contributed by atoms with E-state index in [4.69, 9.17) is 0 Å². The second kappa shape index (κ2) is 5.48. The van der Waals surface area contributed by atoms with Gasteiger partial charge in [0.05, 0.1) is 19.2 Å². The number of aromatic nitrogens is 1. The third kappa shape index (κ3) is 3.22. The summed E-state index contributed by atoms with van der Waals surface area (Å²) in [6, 6.07) is 0.866. The van der Waals surface area contributed by atoms with E-state index in [1.165, 1.54) is 0 Å². The molecule has 0 saturated heterocycles. The molecule has 0 bridgehead atoms. The second-order valence-electron chi connectivity index (χ2n) is 2.98. The molecule has 0 aliphatic heterocycles. The van der Waals surface area contributed by atoms with Crippen molar-refractivity contribution in [1.29, 1.82) is 0 Å². The van der Waals surface area contributed by atoms with Crippen LogP contribution < -0.4 is 0 Å². The molecule has 0 radical (unpaired) electrons. The van der Waals surface area contributed by atoms with Crippen LogP contribution in [0.1, 0.15) is 24.6 Å². The first-order chi connectivity index (χ1) is 7.54. The summed E-state index contributed by atoms with van der Waals surface area (Å²) in [5, 5.41) is 0. The van der Waals surface area contributed by atoms with Gasteiger partial charge in [-0.25, -0.2) is 13.2 Å². The number of hydrogen-bond acceptors (Lipinski definition) is 3. The molecule has 0 fully saturated rings. The summed E-state index contributed by atoms with van der Waals surface area (Å²) < 4.78 is 42.3. The lowest BCUT2D eigenvalue weighted by Gasteiger charge is -2.07. The molecule has 0 spiro atoms. The highest BCUT2D eigenvalue weighted by Crippen LogP contribution is 2.21. The molecule has 0 aromatic carbocycles. The zero-order valence-electron chi connectivity index (χ0n) is 8.54. The Balaban J connectivity index is 2.92. The molecule has 0 unspecified atom stereocenters. The monoisotopic (exact) mass is 233 g/mol. The van der Waals surface area contributed by atoms with Crippen LogP contribution in [0.2, 0.25) is 0 Å². The van der Waals surface area contributed by atoms with Crippen molar-refractivity contribution in [3.8, 4) is 0 Å². The molecule has 6 heteroatoms. The van der Waals surface area contributed by atoms with Crippen molar-refractivity contribution in [2.45, 2.75) is 19.8 Å². The Labute approximate surface area is 90.2 Å². The van der Waals surface area contributed by atoms with Crippen molar-refractivity contribution < 1.29 is 22.7 Å². The predicted molar refractivity (Wildman–Crippen MR) is 49.5 cm³/mol. The van der Waals surface area contributed by atoms with E-state index in [0.717, 1.165) is 6.07 Å². The van der Waals surface area contributed by atoms with E-state index in [1.54, 1.807) is 6.92 Å². The molecule has 0 saturated carbocycles. The molecule has 0 amide bonds. The van der Waals surface area contributed by atoms with E-state index in [2.05, 4.69) is 9.72 Å². The van der Waals surface area contributed by atoms with Crippen molar-refractivity contribution in [1.82, 2.24) is 4.98 Å². The van der Waals surface area contributed by atoms with Gasteiger partial charge >= 0.3 is 5.97 Å². The summed E-state index contributed by atoms with van der Waals surface area (Å²) >= 11 is 0. The quantitative estimate of drug-likeness (QED) is 0.749. The fourth-order valence-electron chi connectivity index (χ4n) is 1.20. The van der Waals surface area contributed by atoms with Crippen molar-refractivity contribution in [3.63, 3.8) is 0 Å². The summed E-state index contributed by atoms with van der Waals surface area (Å²) in [4.78, 5) is 14.3. The molecule has 1 rings (SSSR count). The zero-order chi connectivity index (χ0) is 12.1. The van der Waals surface area contributed by atoms with Crippen molar-refractivity contribution >= 4 is 5.97 Å². The van der Waals surface area contributed by atoms with Gasteiger partial charge in [0, 0.05) is 0 Å². The maximum atomic E-state index is 12.8. The van der Waals surface area contributed by atoms with Crippen LogP contribution in [-0.4, -0.2) is 17.6 Å². The molecule has 0 aliphatic rings. The van der Waals surface area contributed by atoms with Gasteiger partial charge in [0.15, 0.2) is 0 Å². The lowest BCUT2D eigenvalue weighted by molar-refractivity contribution is -0.142. The number of ether oxygens (including phenoxy) is 1. The summed E-state index contributed by atoms with van der Waals surface area (Å²) in [6.45, 7) is 1.74.